The molecule has 0 aliphatic rings. The number of aromatic amines is 1. The summed E-state index contributed by atoms with van der Waals surface area (Å²) in [5.41, 5.74) is 1.90. The number of carbonyl (C=O) groups is 1. The summed E-state index contributed by atoms with van der Waals surface area (Å²) in [7, 11) is 0. The molecule has 1 heterocycles. The van der Waals surface area contributed by atoms with E-state index in [2.05, 4.69) is 20.5 Å². The third kappa shape index (κ3) is 4.38. The number of ether oxygens (including phenoxy) is 1. The van der Waals surface area contributed by atoms with Crippen LogP contribution in [0.5, 0.6) is 11.5 Å². The van der Waals surface area contributed by atoms with E-state index < -0.39 is 0 Å². The van der Waals surface area contributed by atoms with E-state index in [1.165, 1.54) is 0 Å². The number of carbonyl (C=O) groups excluding carboxylic acids is 1. The van der Waals surface area contributed by atoms with Gasteiger partial charge in [-0.25, -0.2) is 4.98 Å². The molecule has 0 saturated heterocycles. The first-order valence-corrected chi connectivity index (χ1v) is 9.76. The van der Waals surface area contributed by atoms with Crippen LogP contribution in [0.4, 0.5) is 5.69 Å². The Morgan fingerprint density at radius 2 is 1.67 bits per heavy atom. The van der Waals surface area contributed by atoms with Crippen molar-refractivity contribution in [3.05, 3.63) is 90.3 Å². The van der Waals surface area contributed by atoms with Crippen LogP contribution in [0.3, 0.4) is 0 Å². The van der Waals surface area contributed by atoms with Crippen LogP contribution < -0.4 is 10.1 Å². The van der Waals surface area contributed by atoms with E-state index in [1.54, 1.807) is 18.2 Å². The van der Waals surface area contributed by atoms with Crippen LogP contribution in [-0.4, -0.2) is 21.1 Å². The van der Waals surface area contributed by atoms with E-state index in [0.717, 1.165) is 11.4 Å². The van der Waals surface area contributed by atoms with Crippen molar-refractivity contribution >= 4 is 11.6 Å². The zero-order valence-electron chi connectivity index (χ0n) is 16.8. The molecular formula is C24H22N4O2. The van der Waals surface area contributed by atoms with E-state index in [4.69, 9.17) is 4.74 Å². The van der Waals surface area contributed by atoms with Gasteiger partial charge in [-0.05, 0) is 42.5 Å². The van der Waals surface area contributed by atoms with Crippen molar-refractivity contribution in [2.24, 2.45) is 0 Å². The molecule has 0 spiro atoms. The van der Waals surface area contributed by atoms with Gasteiger partial charge in [-0.3, -0.25) is 9.89 Å². The van der Waals surface area contributed by atoms with Crippen molar-refractivity contribution < 1.29 is 9.53 Å². The van der Waals surface area contributed by atoms with Gasteiger partial charge in [0.2, 0.25) is 0 Å². The number of amides is 1. The number of H-pyrrole nitrogens is 1. The van der Waals surface area contributed by atoms with E-state index >= 15 is 0 Å². The second kappa shape index (κ2) is 8.61. The van der Waals surface area contributed by atoms with Crippen LogP contribution in [-0.2, 0) is 0 Å². The molecule has 0 saturated carbocycles. The fourth-order valence-electron chi connectivity index (χ4n) is 2.96. The van der Waals surface area contributed by atoms with Crippen LogP contribution >= 0.6 is 0 Å². The summed E-state index contributed by atoms with van der Waals surface area (Å²) in [5.74, 6) is 2.66. The molecule has 3 aromatic carbocycles. The molecule has 0 aliphatic carbocycles. The molecule has 4 rings (SSSR count). The number of hydrogen-bond donors (Lipinski definition) is 2. The van der Waals surface area contributed by atoms with Gasteiger partial charge in [-0.15, -0.1) is 0 Å². The molecule has 0 radical (unpaired) electrons. The lowest BCUT2D eigenvalue weighted by Gasteiger charge is -2.10. The maximum Gasteiger partial charge on any atom is 0.255 e. The van der Waals surface area contributed by atoms with E-state index in [0.29, 0.717) is 28.6 Å². The van der Waals surface area contributed by atoms with Crippen LogP contribution in [0.15, 0.2) is 78.9 Å². The number of nitrogens with zero attached hydrogens (tertiary/aromatic N) is 2. The average molecular weight is 398 g/mol. The van der Waals surface area contributed by atoms with Gasteiger partial charge in [0, 0.05) is 17.0 Å². The highest BCUT2D eigenvalue weighted by Crippen LogP contribution is 2.27. The van der Waals surface area contributed by atoms with E-state index in [-0.39, 0.29) is 11.8 Å². The predicted molar refractivity (Wildman–Crippen MR) is 117 cm³/mol. The molecule has 0 atom stereocenters. The Morgan fingerprint density at radius 1 is 0.933 bits per heavy atom. The quantitative estimate of drug-likeness (QED) is 0.440. The number of hydrogen-bond acceptors (Lipinski definition) is 4. The van der Waals surface area contributed by atoms with Crippen LogP contribution in [0.1, 0.15) is 35.9 Å². The zero-order valence-corrected chi connectivity index (χ0v) is 16.8. The molecule has 0 fully saturated rings. The summed E-state index contributed by atoms with van der Waals surface area (Å²) < 4.78 is 5.83. The lowest BCUT2D eigenvalue weighted by Crippen LogP contribution is -2.12. The fraction of sp³-hybridized carbons (Fsp3) is 0.125. The van der Waals surface area contributed by atoms with Crippen molar-refractivity contribution in [1.82, 2.24) is 15.2 Å². The minimum atomic E-state index is -0.236. The third-order valence-corrected chi connectivity index (χ3v) is 4.54. The maximum absolute atomic E-state index is 12.9. The number of anilines is 1. The highest BCUT2D eigenvalue weighted by atomic mass is 16.5. The Morgan fingerprint density at radius 3 is 2.43 bits per heavy atom. The first kappa shape index (κ1) is 19.4. The van der Waals surface area contributed by atoms with Crippen molar-refractivity contribution in [3.8, 4) is 22.9 Å². The van der Waals surface area contributed by atoms with Crippen LogP contribution in [0.2, 0.25) is 0 Å². The summed E-state index contributed by atoms with van der Waals surface area (Å²) in [6.45, 7) is 4.09. The maximum atomic E-state index is 12.9. The second-order valence-corrected chi connectivity index (χ2v) is 7.14. The van der Waals surface area contributed by atoms with Crippen molar-refractivity contribution in [3.63, 3.8) is 0 Å². The van der Waals surface area contributed by atoms with Crippen molar-refractivity contribution in [2.45, 2.75) is 19.8 Å². The molecule has 6 heteroatoms. The number of rotatable bonds is 6. The van der Waals surface area contributed by atoms with Gasteiger partial charge in [-0.1, -0.05) is 50.2 Å². The molecule has 4 aromatic rings. The standard InChI is InChI=1S/C24H22N4O2/c1-16(2)22-26-23(28-27-22)20-13-6-7-14-21(20)25-24(29)17-9-8-12-19(15-17)30-18-10-4-3-5-11-18/h3-16H,1-2H3,(H,25,29)(H,26,27,28). The smallest absolute Gasteiger partial charge is 0.255 e. The van der Waals surface area contributed by atoms with Gasteiger partial charge in [-0.2, -0.15) is 5.10 Å². The molecule has 150 valence electrons. The van der Waals surface area contributed by atoms with Gasteiger partial charge < -0.3 is 10.1 Å². The second-order valence-electron chi connectivity index (χ2n) is 7.14. The minimum absolute atomic E-state index is 0.236. The van der Waals surface area contributed by atoms with E-state index in [1.807, 2.05) is 74.5 Å². The molecule has 6 nitrogen and oxygen atoms in total. The third-order valence-electron chi connectivity index (χ3n) is 4.54. The van der Waals surface area contributed by atoms with Gasteiger partial charge in [0.1, 0.15) is 17.3 Å². The molecule has 30 heavy (non-hydrogen) atoms. The first-order chi connectivity index (χ1) is 14.6. The fourth-order valence-corrected chi connectivity index (χ4v) is 2.96. The van der Waals surface area contributed by atoms with Crippen molar-refractivity contribution in [2.75, 3.05) is 5.32 Å². The predicted octanol–water partition coefficient (Wildman–Crippen LogP) is 5.64. The lowest BCUT2D eigenvalue weighted by atomic mass is 10.1. The Bertz CT molecular complexity index is 1150. The Balaban J connectivity index is 1.55. The van der Waals surface area contributed by atoms with Gasteiger partial charge >= 0.3 is 0 Å². The Labute approximate surface area is 175 Å². The van der Waals surface area contributed by atoms with Crippen molar-refractivity contribution in [1.29, 1.82) is 0 Å². The Hall–Kier alpha value is -3.93. The molecule has 0 aliphatic heterocycles. The van der Waals surface area contributed by atoms with Gasteiger partial charge in [0.05, 0.1) is 5.69 Å². The summed E-state index contributed by atoms with van der Waals surface area (Å²) >= 11 is 0. The minimum Gasteiger partial charge on any atom is -0.457 e. The first-order valence-electron chi connectivity index (χ1n) is 9.76. The zero-order chi connectivity index (χ0) is 20.9. The SMILES string of the molecule is CC(C)c1nc(-c2ccccc2NC(=O)c2cccc(Oc3ccccc3)c2)n[nH]1. The summed E-state index contributed by atoms with van der Waals surface area (Å²) in [6.07, 6.45) is 0. The van der Waals surface area contributed by atoms with Crippen LogP contribution in [0.25, 0.3) is 11.4 Å². The highest BCUT2D eigenvalue weighted by molar-refractivity contribution is 6.06. The summed E-state index contributed by atoms with van der Waals surface area (Å²) in [6, 6.07) is 24.0. The molecule has 0 bridgehead atoms. The van der Waals surface area contributed by atoms with Gasteiger partial charge in [0.25, 0.3) is 5.91 Å². The molecular weight excluding hydrogens is 376 g/mol. The molecule has 1 aromatic heterocycles. The lowest BCUT2D eigenvalue weighted by molar-refractivity contribution is 0.102. The van der Waals surface area contributed by atoms with Crippen LogP contribution in [0, 0.1) is 0 Å². The van der Waals surface area contributed by atoms with Gasteiger partial charge in [0.15, 0.2) is 5.82 Å². The number of para-hydroxylation sites is 2. The Kier molecular flexibility index (Phi) is 5.57. The molecule has 2 N–H and O–H groups in total. The normalized spacial score (nSPS) is 10.8. The largest absolute Gasteiger partial charge is 0.457 e. The average Bonchev–Trinajstić information content (AvgIpc) is 3.25. The molecule has 0 unspecified atom stereocenters. The van der Waals surface area contributed by atoms with E-state index in [9.17, 15) is 4.79 Å². The number of aromatic nitrogens is 3. The summed E-state index contributed by atoms with van der Waals surface area (Å²) in [5, 5.41) is 10.2. The monoisotopic (exact) mass is 398 g/mol. The summed E-state index contributed by atoms with van der Waals surface area (Å²) in [4.78, 5) is 17.4. The molecule has 1 amide bonds. The topological polar surface area (TPSA) is 79.9 Å². The number of nitrogens with one attached hydrogen (secondary N) is 2. The number of benzene rings is 3. The highest BCUT2D eigenvalue weighted by Gasteiger charge is 2.15.